The summed E-state index contributed by atoms with van der Waals surface area (Å²) < 4.78 is 1.04. The van der Waals surface area contributed by atoms with Crippen LogP contribution in [0.15, 0.2) is 11.1 Å². The average molecular weight is 236 g/mol. The molecule has 0 amide bonds. The number of rotatable bonds is 4. The first kappa shape index (κ1) is 9.62. The van der Waals surface area contributed by atoms with Crippen molar-refractivity contribution in [1.82, 2.24) is 5.32 Å². The van der Waals surface area contributed by atoms with Gasteiger partial charge in [-0.15, -0.1) is 0 Å². The van der Waals surface area contributed by atoms with Crippen LogP contribution in [0.5, 0.6) is 0 Å². The second kappa shape index (κ2) is 5.22. The second-order valence-electron chi connectivity index (χ2n) is 2.78. The summed E-state index contributed by atoms with van der Waals surface area (Å²) >= 11 is 5.41. The van der Waals surface area contributed by atoms with Crippen LogP contribution < -0.4 is 5.32 Å². The Bertz CT molecular complexity index is 132. The third kappa shape index (κ3) is 4.19. The molecular formula is C8H14BrNS. The van der Waals surface area contributed by atoms with E-state index in [4.69, 9.17) is 0 Å². The van der Waals surface area contributed by atoms with Crippen LogP contribution in [-0.2, 0) is 0 Å². The van der Waals surface area contributed by atoms with Crippen molar-refractivity contribution >= 4 is 27.7 Å². The van der Waals surface area contributed by atoms with Crippen LogP contribution in [-0.4, -0.2) is 24.1 Å². The molecule has 0 bridgehead atoms. The molecule has 1 aliphatic heterocycles. The molecule has 1 aliphatic rings. The quantitative estimate of drug-likeness (QED) is 0.804. The zero-order valence-electron chi connectivity index (χ0n) is 6.61. The van der Waals surface area contributed by atoms with Crippen molar-refractivity contribution in [2.45, 2.75) is 18.1 Å². The molecule has 1 atom stereocenters. The van der Waals surface area contributed by atoms with Gasteiger partial charge in [-0.1, -0.05) is 22.5 Å². The molecule has 0 aromatic carbocycles. The fourth-order valence-corrected chi connectivity index (χ4v) is 2.61. The number of thioether (sulfide) groups is 1. The van der Waals surface area contributed by atoms with Gasteiger partial charge < -0.3 is 5.32 Å². The van der Waals surface area contributed by atoms with Gasteiger partial charge in [0.15, 0.2) is 0 Å². The topological polar surface area (TPSA) is 12.0 Å². The largest absolute Gasteiger partial charge is 0.311 e. The van der Waals surface area contributed by atoms with Gasteiger partial charge in [0.25, 0.3) is 0 Å². The molecule has 3 heteroatoms. The Morgan fingerprint density at radius 1 is 1.73 bits per heavy atom. The molecule has 1 N–H and O–H groups in total. The summed E-state index contributed by atoms with van der Waals surface area (Å²) in [6.07, 6.45) is 2.78. The van der Waals surface area contributed by atoms with Gasteiger partial charge in [-0.3, -0.25) is 0 Å². The Morgan fingerprint density at radius 3 is 3.09 bits per heavy atom. The predicted octanol–water partition coefficient (Wildman–Crippen LogP) is 2.38. The zero-order valence-corrected chi connectivity index (χ0v) is 9.01. The van der Waals surface area contributed by atoms with Crippen molar-refractivity contribution in [3.8, 4) is 0 Å². The molecule has 0 radical (unpaired) electrons. The summed E-state index contributed by atoms with van der Waals surface area (Å²) in [6.45, 7) is 5.80. The van der Waals surface area contributed by atoms with Crippen LogP contribution in [0.1, 0.15) is 12.8 Å². The Labute approximate surface area is 81.1 Å². The zero-order chi connectivity index (χ0) is 8.10. The van der Waals surface area contributed by atoms with Gasteiger partial charge in [0.2, 0.25) is 0 Å². The summed E-state index contributed by atoms with van der Waals surface area (Å²) in [5, 5.41) is 4.21. The lowest BCUT2D eigenvalue weighted by atomic mass is 10.2. The maximum absolute atomic E-state index is 3.77. The highest BCUT2D eigenvalue weighted by Crippen LogP contribution is 2.25. The highest BCUT2D eigenvalue weighted by molar-refractivity contribution is 9.11. The molecule has 1 nitrogen and oxygen atoms in total. The fraction of sp³-hybridized carbons (Fsp3) is 0.750. The second-order valence-corrected chi connectivity index (χ2v) is 5.31. The Morgan fingerprint density at radius 2 is 2.55 bits per heavy atom. The average Bonchev–Trinajstić information content (AvgIpc) is 2.39. The number of halogens is 1. The van der Waals surface area contributed by atoms with E-state index in [-0.39, 0.29) is 0 Å². The summed E-state index contributed by atoms with van der Waals surface area (Å²) in [5.74, 6) is 1.35. The van der Waals surface area contributed by atoms with Crippen LogP contribution >= 0.6 is 27.7 Å². The molecule has 1 rings (SSSR count). The van der Waals surface area contributed by atoms with E-state index < -0.39 is 0 Å². The summed E-state index contributed by atoms with van der Waals surface area (Å²) in [4.78, 5) is 0. The third-order valence-corrected chi connectivity index (χ3v) is 3.39. The molecule has 0 aromatic rings. The summed E-state index contributed by atoms with van der Waals surface area (Å²) in [5.41, 5.74) is 0. The molecule has 1 unspecified atom stereocenters. The van der Waals surface area contributed by atoms with Crippen LogP contribution in [0.25, 0.3) is 0 Å². The van der Waals surface area contributed by atoms with Gasteiger partial charge >= 0.3 is 0 Å². The highest BCUT2D eigenvalue weighted by Gasteiger charge is 2.14. The Kier molecular flexibility index (Phi) is 4.57. The van der Waals surface area contributed by atoms with Gasteiger partial charge in [0.1, 0.15) is 0 Å². The van der Waals surface area contributed by atoms with Gasteiger partial charge in [-0.2, -0.15) is 11.8 Å². The lowest BCUT2D eigenvalue weighted by Gasteiger charge is -2.08. The summed E-state index contributed by atoms with van der Waals surface area (Å²) in [6, 6.07) is 0. The maximum Gasteiger partial charge on any atom is 0.0266 e. The van der Waals surface area contributed by atoms with E-state index in [9.17, 15) is 0 Å². The van der Waals surface area contributed by atoms with Gasteiger partial charge in [0, 0.05) is 22.8 Å². The Hall–Kier alpha value is 0.530. The highest BCUT2D eigenvalue weighted by atomic mass is 79.9. The molecule has 0 spiro atoms. The van der Waals surface area contributed by atoms with E-state index in [0.717, 1.165) is 22.8 Å². The van der Waals surface area contributed by atoms with Crippen LogP contribution in [0.3, 0.4) is 0 Å². The molecule has 0 saturated carbocycles. The van der Waals surface area contributed by atoms with Gasteiger partial charge in [-0.05, 0) is 18.6 Å². The van der Waals surface area contributed by atoms with Gasteiger partial charge in [-0.25, -0.2) is 0 Å². The SMILES string of the molecule is C=C(Br)CNCC1CCCS1. The van der Waals surface area contributed by atoms with Crippen LogP contribution in [0, 0.1) is 0 Å². The molecule has 1 fully saturated rings. The minimum absolute atomic E-state index is 0.849. The molecule has 0 aromatic heterocycles. The standard InChI is InChI=1S/C8H14BrNS/c1-7(9)5-10-6-8-3-2-4-11-8/h8,10H,1-6H2. The van der Waals surface area contributed by atoms with E-state index >= 15 is 0 Å². The lowest BCUT2D eigenvalue weighted by Crippen LogP contribution is -2.23. The van der Waals surface area contributed by atoms with E-state index in [1.165, 1.54) is 18.6 Å². The third-order valence-electron chi connectivity index (χ3n) is 1.71. The lowest BCUT2D eigenvalue weighted by molar-refractivity contribution is 0.682. The predicted molar refractivity (Wildman–Crippen MR) is 56.4 cm³/mol. The van der Waals surface area contributed by atoms with Crippen LogP contribution in [0.4, 0.5) is 0 Å². The number of hydrogen-bond donors (Lipinski definition) is 1. The van der Waals surface area contributed by atoms with Crippen molar-refractivity contribution in [3.63, 3.8) is 0 Å². The van der Waals surface area contributed by atoms with Crippen molar-refractivity contribution in [2.24, 2.45) is 0 Å². The molecular weight excluding hydrogens is 222 g/mol. The molecule has 1 heterocycles. The summed E-state index contributed by atoms with van der Waals surface area (Å²) in [7, 11) is 0. The molecule has 11 heavy (non-hydrogen) atoms. The number of hydrogen-bond acceptors (Lipinski definition) is 2. The van der Waals surface area contributed by atoms with Crippen molar-refractivity contribution in [1.29, 1.82) is 0 Å². The van der Waals surface area contributed by atoms with Crippen LogP contribution in [0.2, 0.25) is 0 Å². The van der Waals surface area contributed by atoms with E-state index in [2.05, 4.69) is 39.6 Å². The first-order chi connectivity index (χ1) is 5.29. The minimum Gasteiger partial charge on any atom is -0.311 e. The smallest absolute Gasteiger partial charge is 0.0266 e. The monoisotopic (exact) mass is 235 g/mol. The molecule has 0 aliphatic carbocycles. The first-order valence-electron chi connectivity index (χ1n) is 3.94. The minimum atomic E-state index is 0.849. The molecule has 1 saturated heterocycles. The fourth-order valence-electron chi connectivity index (χ4n) is 1.17. The van der Waals surface area contributed by atoms with Gasteiger partial charge in [0.05, 0.1) is 0 Å². The van der Waals surface area contributed by atoms with Crippen molar-refractivity contribution < 1.29 is 0 Å². The number of nitrogens with one attached hydrogen (secondary N) is 1. The van der Waals surface area contributed by atoms with E-state index in [0.29, 0.717) is 0 Å². The Balaban J connectivity index is 1.98. The van der Waals surface area contributed by atoms with Crippen molar-refractivity contribution in [3.05, 3.63) is 11.1 Å². The maximum atomic E-state index is 3.77. The van der Waals surface area contributed by atoms with Crippen molar-refractivity contribution in [2.75, 3.05) is 18.8 Å². The van der Waals surface area contributed by atoms with E-state index in [1.54, 1.807) is 0 Å². The normalized spacial score (nSPS) is 23.9. The molecule has 64 valence electrons. The first-order valence-corrected chi connectivity index (χ1v) is 5.79. The van der Waals surface area contributed by atoms with E-state index in [1.807, 2.05) is 0 Å².